The lowest BCUT2D eigenvalue weighted by atomic mass is 10.1. The number of sulfone groups is 1. The minimum absolute atomic E-state index is 0.101. The molecule has 200 valence electrons. The van der Waals surface area contributed by atoms with Crippen molar-refractivity contribution in [1.82, 2.24) is 4.90 Å². The van der Waals surface area contributed by atoms with E-state index in [2.05, 4.69) is 17.0 Å². The number of hydrogen-bond donors (Lipinski definition) is 1. The molecule has 0 heterocycles. The maximum atomic E-state index is 13.1. The molecule has 0 unspecified atom stereocenters. The van der Waals surface area contributed by atoms with E-state index in [1.165, 1.54) is 24.3 Å². The lowest BCUT2D eigenvalue weighted by Crippen LogP contribution is -2.30. The zero-order chi connectivity index (χ0) is 27.7. The molecule has 0 aromatic heterocycles. The molecule has 0 saturated carbocycles. The summed E-state index contributed by atoms with van der Waals surface area (Å²) in [4.78, 5) is 2.54. The van der Waals surface area contributed by atoms with Crippen LogP contribution in [0.5, 0.6) is 5.75 Å². The van der Waals surface area contributed by atoms with E-state index in [0.29, 0.717) is 36.8 Å². The summed E-state index contributed by atoms with van der Waals surface area (Å²) in [5.41, 5.74) is 2.89. The molecular weight excluding hydrogens is 532 g/mol. The first kappa shape index (κ1) is 28.3. The zero-order valence-electron chi connectivity index (χ0n) is 21.3. The van der Waals surface area contributed by atoms with E-state index in [9.17, 15) is 13.5 Å². The van der Waals surface area contributed by atoms with Gasteiger partial charge in [-0.3, -0.25) is 4.90 Å². The molecule has 4 rings (SSSR count). The summed E-state index contributed by atoms with van der Waals surface area (Å²) in [6.45, 7) is 1.66. The van der Waals surface area contributed by atoms with Gasteiger partial charge in [0.05, 0.1) is 15.9 Å². The Morgan fingerprint density at radius 3 is 2.18 bits per heavy atom. The summed E-state index contributed by atoms with van der Waals surface area (Å²) in [5.74, 6) is 0.436. The van der Waals surface area contributed by atoms with Crippen LogP contribution in [0.1, 0.15) is 22.8 Å². The topological polar surface area (TPSA) is 90.6 Å². The number of rotatable bonds is 12. The van der Waals surface area contributed by atoms with Crippen LogP contribution in [0.15, 0.2) is 113 Å². The summed E-state index contributed by atoms with van der Waals surface area (Å²) in [5, 5.41) is 20.1. The van der Waals surface area contributed by atoms with Gasteiger partial charge in [-0.05, 0) is 71.6 Å². The number of aliphatic hydroxyl groups excluding tert-OH is 1. The molecule has 8 heteroatoms. The van der Waals surface area contributed by atoms with E-state index in [1.807, 2.05) is 48.5 Å². The summed E-state index contributed by atoms with van der Waals surface area (Å²) in [6, 6.07) is 32.1. The van der Waals surface area contributed by atoms with E-state index in [4.69, 9.17) is 21.6 Å². The standard InChI is InChI=1S/C31H29ClN2O4S/c32-27-8-4-7-26(21-27)31(35)23-34(22-25-5-2-1-3-6-25)19-17-24-9-13-29(14-10-24)39(36,37)30-15-11-28(12-16-30)38-20-18-33/h1-16,21,31,35H,17,19-20,22-23H2/t31-/m0/s1. The van der Waals surface area contributed by atoms with Crippen molar-refractivity contribution in [3.05, 3.63) is 125 Å². The van der Waals surface area contributed by atoms with Crippen molar-refractivity contribution < 1.29 is 18.3 Å². The van der Waals surface area contributed by atoms with Crippen LogP contribution in [0.4, 0.5) is 0 Å². The Morgan fingerprint density at radius 2 is 1.54 bits per heavy atom. The molecule has 0 saturated heterocycles. The first-order valence-corrected chi connectivity index (χ1v) is 14.3. The fraction of sp³-hybridized carbons (Fsp3) is 0.194. The van der Waals surface area contributed by atoms with Gasteiger partial charge in [0.1, 0.15) is 11.8 Å². The Bertz CT molecular complexity index is 1500. The molecule has 0 spiro atoms. The number of nitriles is 1. The minimum atomic E-state index is -3.69. The van der Waals surface area contributed by atoms with Crippen LogP contribution >= 0.6 is 11.6 Å². The summed E-state index contributed by atoms with van der Waals surface area (Å²) < 4.78 is 31.4. The number of hydrogen-bond acceptors (Lipinski definition) is 6. The van der Waals surface area contributed by atoms with Crippen LogP contribution in [-0.2, 0) is 22.8 Å². The Labute approximate surface area is 234 Å². The molecule has 0 fully saturated rings. The quantitative estimate of drug-likeness (QED) is 0.234. The highest BCUT2D eigenvalue weighted by molar-refractivity contribution is 7.91. The lowest BCUT2D eigenvalue weighted by molar-refractivity contribution is 0.109. The zero-order valence-corrected chi connectivity index (χ0v) is 22.9. The second kappa shape index (κ2) is 13.4. The van der Waals surface area contributed by atoms with Gasteiger partial charge in [0.2, 0.25) is 9.84 Å². The first-order valence-electron chi connectivity index (χ1n) is 12.5. The van der Waals surface area contributed by atoms with Crippen LogP contribution < -0.4 is 4.74 Å². The van der Waals surface area contributed by atoms with Crippen molar-refractivity contribution in [3.63, 3.8) is 0 Å². The van der Waals surface area contributed by atoms with Crippen LogP contribution in [0.25, 0.3) is 0 Å². The van der Waals surface area contributed by atoms with E-state index in [-0.39, 0.29) is 16.4 Å². The van der Waals surface area contributed by atoms with Crippen LogP contribution in [0.3, 0.4) is 0 Å². The highest BCUT2D eigenvalue weighted by Crippen LogP contribution is 2.24. The smallest absolute Gasteiger partial charge is 0.206 e. The van der Waals surface area contributed by atoms with Crippen molar-refractivity contribution in [1.29, 1.82) is 5.26 Å². The van der Waals surface area contributed by atoms with Gasteiger partial charge in [0, 0.05) is 24.7 Å². The maximum absolute atomic E-state index is 13.1. The Morgan fingerprint density at radius 1 is 0.872 bits per heavy atom. The van der Waals surface area contributed by atoms with Crippen molar-refractivity contribution in [2.24, 2.45) is 0 Å². The molecule has 6 nitrogen and oxygen atoms in total. The third kappa shape index (κ3) is 7.92. The molecule has 39 heavy (non-hydrogen) atoms. The number of aliphatic hydroxyl groups is 1. The number of benzene rings is 4. The average molecular weight is 561 g/mol. The Kier molecular flexibility index (Phi) is 9.74. The normalized spacial score (nSPS) is 12.2. The molecule has 1 N–H and O–H groups in total. The fourth-order valence-corrected chi connectivity index (χ4v) is 5.69. The Balaban J connectivity index is 1.43. The third-order valence-corrected chi connectivity index (χ3v) is 8.32. The molecule has 0 bridgehead atoms. The summed E-state index contributed by atoms with van der Waals surface area (Å²) in [7, 11) is -3.69. The average Bonchev–Trinajstić information content (AvgIpc) is 2.96. The SMILES string of the molecule is N#CCOc1ccc(S(=O)(=O)c2ccc(CCN(Cc3ccccc3)C[C@H](O)c3cccc(Cl)c3)cc2)cc1. The van der Waals surface area contributed by atoms with Gasteiger partial charge < -0.3 is 9.84 Å². The molecule has 0 aliphatic rings. The van der Waals surface area contributed by atoms with Crippen LogP contribution in [0, 0.1) is 11.3 Å². The predicted molar refractivity (Wildman–Crippen MR) is 151 cm³/mol. The van der Waals surface area contributed by atoms with Gasteiger partial charge in [-0.25, -0.2) is 8.42 Å². The van der Waals surface area contributed by atoms with Crippen molar-refractivity contribution >= 4 is 21.4 Å². The molecule has 4 aromatic rings. The van der Waals surface area contributed by atoms with E-state index in [1.54, 1.807) is 24.3 Å². The second-order valence-electron chi connectivity index (χ2n) is 9.11. The van der Waals surface area contributed by atoms with Crippen molar-refractivity contribution in [3.8, 4) is 11.8 Å². The fourth-order valence-electron chi connectivity index (χ4n) is 4.23. The largest absolute Gasteiger partial charge is 0.479 e. The summed E-state index contributed by atoms with van der Waals surface area (Å²) in [6.07, 6.45) is -0.0167. The molecular formula is C31H29ClN2O4S. The van der Waals surface area contributed by atoms with Gasteiger partial charge in [-0.15, -0.1) is 0 Å². The molecule has 4 aromatic carbocycles. The number of halogens is 1. The predicted octanol–water partition coefficient (Wildman–Crippen LogP) is 5.85. The van der Waals surface area contributed by atoms with E-state index in [0.717, 1.165) is 16.7 Å². The monoisotopic (exact) mass is 560 g/mol. The number of ether oxygens (including phenoxy) is 1. The summed E-state index contributed by atoms with van der Waals surface area (Å²) >= 11 is 6.12. The molecule has 0 radical (unpaired) electrons. The van der Waals surface area contributed by atoms with Gasteiger partial charge in [0.25, 0.3) is 0 Å². The lowest BCUT2D eigenvalue weighted by Gasteiger charge is -2.25. The van der Waals surface area contributed by atoms with Crippen molar-refractivity contribution in [2.45, 2.75) is 28.9 Å². The highest BCUT2D eigenvalue weighted by atomic mass is 35.5. The van der Waals surface area contributed by atoms with Crippen LogP contribution in [0.2, 0.25) is 5.02 Å². The van der Waals surface area contributed by atoms with Crippen LogP contribution in [-0.4, -0.2) is 38.1 Å². The highest BCUT2D eigenvalue weighted by Gasteiger charge is 2.18. The maximum Gasteiger partial charge on any atom is 0.206 e. The number of nitrogens with zero attached hydrogens (tertiary/aromatic N) is 2. The van der Waals surface area contributed by atoms with E-state index < -0.39 is 15.9 Å². The second-order valence-corrected chi connectivity index (χ2v) is 11.5. The van der Waals surface area contributed by atoms with Crippen molar-refractivity contribution in [2.75, 3.05) is 19.7 Å². The first-order chi connectivity index (χ1) is 18.8. The minimum Gasteiger partial charge on any atom is -0.479 e. The molecule has 0 aliphatic heterocycles. The molecule has 0 amide bonds. The molecule has 0 aliphatic carbocycles. The van der Waals surface area contributed by atoms with Gasteiger partial charge in [-0.2, -0.15) is 5.26 Å². The van der Waals surface area contributed by atoms with Gasteiger partial charge >= 0.3 is 0 Å². The van der Waals surface area contributed by atoms with E-state index >= 15 is 0 Å². The van der Waals surface area contributed by atoms with Gasteiger partial charge in [0.15, 0.2) is 6.61 Å². The van der Waals surface area contributed by atoms with Gasteiger partial charge in [-0.1, -0.05) is 66.2 Å². The third-order valence-electron chi connectivity index (χ3n) is 6.30. The molecule has 1 atom stereocenters. The Hall–Kier alpha value is -3.67.